The van der Waals surface area contributed by atoms with Gasteiger partial charge in [-0.2, -0.15) is 5.90 Å². The smallest absolute Gasteiger partial charge is 0.238 e. The third-order valence-electron chi connectivity index (χ3n) is 3.42. The Morgan fingerprint density at radius 3 is 2.04 bits per heavy atom. The van der Waals surface area contributed by atoms with E-state index in [1.165, 1.54) is 12.1 Å². The van der Waals surface area contributed by atoms with Crippen molar-refractivity contribution in [2.75, 3.05) is 0 Å². The standard InChI is InChI=1S/C17H18N2O3S/c1-12(14-6-4-3-5-7-14)17(13(2)22-18)15-8-10-16(11-9-15)23(19,20)21/h3-11H,1,18H2,2H3,(H2,19,20,21)/b17-13+. The summed E-state index contributed by atoms with van der Waals surface area (Å²) >= 11 is 0. The monoisotopic (exact) mass is 330 g/mol. The quantitative estimate of drug-likeness (QED) is 0.500. The van der Waals surface area contributed by atoms with E-state index in [0.717, 1.165) is 16.7 Å². The summed E-state index contributed by atoms with van der Waals surface area (Å²) in [5.41, 5.74) is 3.06. The van der Waals surface area contributed by atoms with E-state index < -0.39 is 10.0 Å². The molecule has 6 heteroatoms. The normalized spacial score (nSPS) is 12.5. The lowest BCUT2D eigenvalue weighted by molar-refractivity contribution is 0.225. The molecule has 0 bridgehead atoms. The molecule has 4 N–H and O–H groups in total. The minimum Gasteiger partial charge on any atom is -0.416 e. The number of rotatable bonds is 5. The van der Waals surface area contributed by atoms with Crippen LogP contribution in [0.15, 0.2) is 71.8 Å². The van der Waals surface area contributed by atoms with Gasteiger partial charge >= 0.3 is 0 Å². The van der Waals surface area contributed by atoms with Crippen LogP contribution in [-0.4, -0.2) is 8.42 Å². The zero-order chi connectivity index (χ0) is 17.0. The van der Waals surface area contributed by atoms with Crippen LogP contribution in [0.3, 0.4) is 0 Å². The molecule has 0 heterocycles. The lowest BCUT2D eigenvalue weighted by Gasteiger charge is -2.15. The molecule has 0 atom stereocenters. The van der Waals surface area contributed by atoms with E-state index >= 15 is 0 Å². The maximum Gasteiger partial charge on any atom is 0.238 e. The van der Waals surface area contributed by atoms with E-state index in [4.69, 9.17) is 15.9 Å². The largest absolute Gasteiger partial charge is 0.416 e. The number of hydrogen-bond acceptors (Lipinski definition) is 4. The van der Waals surface area contributed by atoms with Crippen molar-refractivity contribution in [2.24, 2.45) is 11.0 Å². The second-order valence-electron chi connectivity index (χ2n) is 4.96. The van der Waals surface area contributed by atoms with Gasteiger partial charge in [0.05, 0.1) is 4.90 Å². The van der Waals surface area contributed by atoms with E-state index in [2.05, 4.69) is 6.58 Å². The molecule has 0 aromatic heterocycles. The van der Waals surface area contributed by atoms with Crippen LogP contribution in [-0.2, 0) is 14.9 Å². The van der Waals surface area contributed by atoms with Crippen molar-refractivity contribution in [2.45, 2.75) is 11.8 Å². The minimum atomic E-state index is -3.74. The van der Waals surface area contributed by atoms with Gasteiger partial charge in [0.15, 0.2) is 0 Å². The molecule has 120 valence electrons. The second-order valence-corrected chi connectivity index (χ2v) is 6.52. The molecule has 0 unspecified atom stereocenters. The highest BCUT2D eigenvalue weighted by Gasteiger charge is 2.15. The minimum absolute atomic E-state index is 0.0391. The van der Waals surface area contributed by atoms with Crippen molar-refractivity contribution in [3.63, 3.8) is 0 Å². The average molecular weight is 330 g/mol. The lowest BCUT2D eigenvalue weighted by atomic mass is 9.93. The van der Waals surface area contributed by atoms with Gasteiger partial charge in [0.1, 0.15) is 5.76 Å². The highest BCUT2D eigenvalue weighted by Crippen LogP contribution is 2.32. The molecular weight excluding hydrogens is 312 g/mol. The van der Waals surface area contributed by atoms with Crippen LogP contribution in [0.4, 0.5) is 0 Å². The van der Waals surface area contributed by atoms with Gasteiger partial charge in [-0.1, -0.05) is 49.0 Å². The molecular formula is C17H18N2O3S. The van der Waals surface area contributed by atoms with Crippen LogP contribution >= 0.6 is 0 Å². The van der Waals surface area contributed by atoms with Crippen LogP contribution in [0.2, 0.25) is 0 Å². The van der Waals surface area contributed by atoms with Gasteiger partial charge in [0, 0.05) is 5.57 Å². The predicted octanol–water partition coefficient (Wildman–Crippen LogP) is 2.67. The molecule has 2 rings (SSSR count). The number of hydrogen-bond donors (Lipinski definition) is 2. The van der Waals surface area contributed by atoms with Crippen molar-refractivity contribution in [1.82, 2.24) is 0 Å². The number of benzene rings is 2. The Kier molecular flexibility index (Phi) is 5.00. The SMILES string of the molecule is C=C(/C(=C(/C)ON)c1ccc(S(N)(=O)=O)cc1)c1ccccc1. The molecule has 0 radical (unpaired) electrons. The molecule has 23 heavy (non-hydrogen) atoms. The Labute approximate surface area is 135 Å². The van der Waals surface area contributed by atoms with Crippen LogP contribution in [0.1, 0.15) is 18.1 Å². The van der Waals surface area contributed by atoms with Crippen molar-refractivity contribution >= 4 is 21.2 Å². The molecule has 2 aromatic rings. The third-order valence-corrected chi connectivity index (χ3v) is 4.35. The fourth-order valence-electron chi connectivity index (χ4n) is 2.24. The highest BCUT2D eigenvalue weighted by molar-refractivity contribution is 7.89. The number of sulfonamides is 1. The van der Waals surface area contributed by atoms with Crippen LogP contribution in [0.5, 0.6) is 0 Å². The van der Waals surface area contributed by atoms with Crippen LogP contribution < -0.4 is 11.0 Å². The Bertz CT molecular complexity index is 839. The fraction of sp³-hybridized carbons (Fsp3) is 0.0588. The molecule has 2 aromatic carbocycles. The Morgan fingerprint density at radius 2 is 1.57 bits per heavy atom. The van der Waals surface area contributed by atoms with E-state index in [9.17, 15) is 8.42 Å². The van der Waals surface area contributed by atoms with Gasteiger partial charge in [0.25, 0.3) is 0 Å². The number of allylic oxidation sites excluding steroid dienone is 3. The first kappa shape index (κ1) is 17.0. The topological polar surface area (TPSA) is 95.4 Å². The summed E-state index contributed by atoms with van der Waals surface area (Å²) in [6.45, 7) is 5.82. The first-order valence-electron chi connectivity index (χ1n) is 6.80. The predicted molar refractivity (Wildman–Crippen MR) is 91.2 cm³/mol. The zero-order valence-corrected chi connectivity index (χ0v) is 13.5. The summed E-state index contributed by atoms with van der Waals surface area (Å²) in [6, 6.07) is 15.7. The molecule has 0 saturated heterocycles. The Morgan fingerprint density at radius 1 is 1.00 bits per heavy atom. The summed E-state index contributed by atoms with van der Waals surface area (Å²) in [5.74, 6) is 5.78. The van der Waals surface area contributed by atoms with Gasteiger partial charge in [0.2, 0.25) is 10.0 Å². The van der Waals surface area contributed by atoms with Crippen molar-refractivity contribution < 1.29 is 13.3 Å². The molecule has 5 nitrogen and oxygen atoms in total. The van der Waals surface area contributed by atoms with Gasteiger partial charge < -0.3 is 4.84 Å². The lowest BCUT2D eigenvalue weighted by Crippen LogP contribution is -2.12. The Balaban J connectivity index is 2.51. The van der Waals surface area contributed by atoms with Gasteiger partial charge in [-0.05, 0) is 35.8 Å². The van der Waals surface area contributed by atoms with Gasteiger partial charge in [-0.25, -0.2) is 13.6 Å². The summed E-state index contributed by atoms with van der Waals surface area (Å²) in [4.78, 5) is 4.92. The van der Waals surface area contributed by atoms with Gasteiger partial charge in [-0.3, -0.25) is 0 Å². The maximum absolute atomic E-state index is 11.4. The summed E-state index contributed by atoms with van der Waals surface area (Å²) in [7, 11) is -3.74. The second kappa shape index (κ2) is 6.78. The molecule has 0 amide bonds. The van der Waals surface area contributed by atoms with Gasteiger partial charge in [-0.15, -0.1) is 0 Å². The number of primary sulfonamides is 1. The van der Waals surface area contributed by atoms with E-state index in [0.29, 0.717) is 11.3 Å². The van der Waals surface area contributed by atoms with Crippen LogP contribution in [0, 0.1) is 0 Å². The third kappa shape index (κ3) is 3.87. The van der Waals surface area contributed by atoms with E-state index in [-0.39, 0.29) is 4.90 Å². The Hall–Kier alpha value is -2.41. The van der Waals surface area contributed by atoms with E-state index in [1.807, 2.05) is 30.3 Å². The molecule has 0 fully saturated rings. The highest BCUT2D eigenvalue weighted by atomic mass is 32.2. The molecule has 0 aliphatic heterocycles. The first-order chi connectivity index (χ1) is 10.8. The fourth-order valence-corrected chi connectivity index (χ4v) is 2.76. The zero-order valence-electron chi connectivity index (χ0n) is 12.7. The molecule has 0 aliphatic rings. The van der Waals surface area contributed by atoms with Crippen molar-refractivity contribution in [1.29, 1.82) is 0 Å². The van der Waals surface area contributed by atoms with E-state index in [1.54, 1.807) is 19.1 Å². The molecule has 0 spiro atoms. The first-order valence-corrected chi connectivity index (χ1v) is 8.34. The summed E-state index contributed by atoms with van der Waals surface area (Å²) in [5, 5.41) is 5.12. The van der Waals surface area contributed by atoms with Crippen LogP contribution in [0.25, 0.3) is 11.1 Å². The van der Waals surface area contributed by atoms with Crippen molar-refractivity contribution in [3.05, 3.63) is 78.1 Å². The number of nitrogens with two attached hydrogens (primary N) is 2. The molecule has 0 aliphatic carbocycles. The summed E-state index contributed by atoms with van der Waals surface area (Å²) < 4.78 is 22.7. The summed E-state index contributed by atoms with van der Waals surface area (Å²) in [6.07, 6.45) is 0. The van der Waals surface area contributed by atoms with Crippen molar-refractivity contribution in [3.8, 4) is 0 Å². The molecule has 0 saturated carbocycles. The average Bonchev–Trinajstić information content (AvgIpc) is 2.55. The maximum atomic E-state index is 11.4.